The Hall–Kier alpha value is -3.35. The lowest BCUT2D eigenvalue weighted by molar-refractivity contribution is -0.118. The van der Waals surface area contributed by atoms with Crippen LogP contribution in [-0.4, -0.2) is 22.6 Å². The Balaban J connectivity index is 1.80. The number of benzene rings is 1. The lowest BCUT2D eigenvalue weighted by Gasteiger charge is -2.02. The highest BCUT2D eigenvalue weighted by molar-refractivity contribution is 6.00. The molecule has 0 unspecified atom stereocenters. The van der Waals surface area contributed by atoms with Crippen LogP contribution in [0.15, 0.2) is 58.4 Å². The van der Waals surface area contributed by atoms with E-state index in [1.165, 1.54) is 6.26 Å². The fraction of sp³-hybridized carbons (Fsp3) is 0.118. The van der Waals surface area contributed by atoms with Crippen LogP contribution in [0.2, 0.25) is 0 Å². The SMILES string of the molecule is NC(=O)CCn1cc(/C=N\NC(=O)c2ccco2)c2ccccc21. The number of furan rings is 1. The molecule has 3 rings (SSSR count). The normalized spacial score (nSPS) is 11.2. The average molecular weight is 324 g/mol. The lowest BCUT2D eigenvalue weighted by Crippen LogP contribution is -2.16. The first-order valence-corrected chi connectivity index (χ1v) is 7.38. The van der Waals surface area contributed by atoms with Crippen LogP contribution in [-0.2, 0) is 11.3 Å². The molecule has 0 saturated heterocycles. The number of carbonyl (C=O) groups excluding carboxylic acids is 2. The molecule has 0 radical (unpaired) electrons. The molecule has 0 aliphatic heterocycles. The maximum Gasteiger partial charge on any atom is 0.307 e. The van der Waals surface area contributed by atoms with Crippen molar-refractivity contribution in [2.45, 2.75) is 13.0 Å². The first-order valence-electron chi connectivity index (χ1n) is 7.38. The minimum Gasteiger partial charge on any atom is -0.459 e. The summed E-state index contributed by atoms with van der Waals surface area (Å²) in [4.78, 5) is 22.8. The molecule has 2 aromatic heterocycles. The number of para-hydroxylation sites is 1. The number of hydrogen-bond acceptors (Lipinski definition) is 4. The first-order chi connectivity index (χ1) is 11.6. The number of hydrazone groups is 1. The van der Waals surface area contributed by atoms with E-state index < -0.39 is 5.91 Å². The van der Waals surface area contributed by atoms with Crippen LogP contribution < -0.4 is 11.2 Å². The van der Waals surface area contributed by atoms with Gasteiger partial charge >= 0.3 is 5.91 Å². The van der Waals surface area contributed by atoms with Crippen molar-refractivity contribution in [1.29, 1.82) is 0 Å². The van der Waals surface area contributed by atoms with Gasteiger partial charge in [-0.15, -0.1) is 0 Å². The number of carbonyl (C=O) groups is 2. The van der Waals surface area contributed by atoms with Crippen molar-refractivity contribution < 1.29 is 14.0 Å². The van der Waals surface area contributed by atoms with Gasteiger partial charge in [-0.25, -0.2) is 5.43 Å². The van der Waals surface area contributed by atoms with Gasteiger partial charge in [0.1, 0.15) is 0 Å². The monoisotopic (exact) mass is 324 g/mol. The predicted molar refractivity (Wildman–Crippen MR) is 89.5 cm³/mol. The molecule has 2 heterocycles. The standard InChI is InChI=1S/C17H16N4O3/c18-16(22)7-8-21-11-12(13-4-1-2-5-14(13)21)10-19-20-17(23)15-6-3-9-24-15/h1-6,9-11H,7-8H2,(H2,18,22)(H,20,23)/b19-10-. The van der Waals surface area contributed by atoms with Gasteiger partial charge in [-0.1, -0.05) is 18.2 Å². The minimum atomic E-state index is -0.422. The third kappa shape index (κ3) is 3.35. The Kier molecular flexibility index (Phi) is 4.42. The second kappa shape index (κ2) is 6.82. The molecule has 0 bridgehead atoms. The van der Waals surface area contributed by atoms with Crippen LogP contribution in [0.3, 0.4) is 0 Å². The Bertz CT molecular complexity index is 894. The second-order valence-electron chi connectivity index (χ2n) is 5.19. The van der Waals surface area contributed by atoms with Crippen molar-refractivity contribution >= 4 is 28.9 Å². The van der Waals surface area contributed by atoms with Crippen molar-refractivity contribution in [2.75, 3.05) is 0 Å². The molecule has 0 saturated carbocycles. The van der Waals surface area contributed by atoms with Gasteiger partial charge in [0.25, 0.3) is 0 Å². The van der Waals surface area contributed by atoms with E-state index in [-0.39, 0.29) is 18.1 Å². The zero-order valence-electron chi connectivity index (χ0n) is 12.8. The van der Waals surface area contributed by atoms with Gasteiger partial charge in [0.15, 0.2) is 5.76 Å². The molecule has 24 heavy (non-hydrogen) atoms. The topological polar surface area (TPSA) is 103 Å². The molecule has 3 aromatic rings. The van der Waals surface area contributed by atoms with Gasteiger partial charge in [-0.3, -0.25) is 9.59 Å². The molecule has 3 N–H and O–H groups in total. The second-order valence-corrected chi connectivity index (χ2v) is 5.19. The number of primary amides is 1. The van der Waals surface area contributed by atoms with E-state index >= 15 is 0 Å². The summed E-state index contributed by atoms with van der Waals surface area (Å²) in [7, 11) is 0. The fourth-order valence-corrected chi connectivity index (χ4v) is 2.42. The number of hydrogen-bond donors (Lipinski definition) is 2. The van der Waals surface area contributed by atoms with Crippen LogP contribution in [0.1, 0.15) is 22.5 Å². The Morgan fingerprint density at radius 1 is 1.25 bits per heavy atom. The molecule has 0 fully saturated rings. The van der Waals surface area contributed by atoms with E-state index in [2.05, 4.69) is 10.5 Å². The molecule has 122 valence electrons. The van der Waals surface area contributed by atoms with Crippen molar-refractivity contribution in [3.63, 3.8) is 0 Å². The molecular formula is C17H16N4O3. The van der Waals surface area contributed by atoms with Crippen LogP contribution in [0.4, 0.5) is 0 Å². The van der Waals surface area contributed by atoms with Gasteiger partial charge in [0.2, 0.25) is 5.91 Å². The zero-order chi connectivity index (χ0) is 16.9. The third-order valence-corrected chi connectivity index (χ3v) is 3.53. The number of nitrogens with one attached hydrogen (secondary N) is 1. The minimum absolute atomic E-state index is 0.191. The summed E-state index contributed by atoms with van der Waals surface area (Å²) >= 11 is 0. The summed E-state index contributed by atoms with van der Waals surface area (Å²) in [5, 5.41) is 4.94. The highest BCUT2D eigenvalue weighted by Crippen LogP contribution is 2.20. The smallest absolute Gasteiger partial charge is 0.307 e. The Morgan fingerprint density at radius 3 is 2.83 bits per heavy atom. The molecular weight excluding hydrogens is 308 g/mol. The van der Waals surface area contributed by atoms with Gasteiger partial charge < -0.3 is 14.7 Å². The first kappa shape index (κ1) is 15.5. The zero-order valence-corrected chi connectivity index (χ0v) is 12.8. The molecule has 0 aliphatic rings. The van der Waals surface area contributed by atoms with Gasteiger partial charge in [-0.05, 0) is 18.2 Å². The summed E-state index contributed by atoms with van der Waals surface area (Å²) in [5.41, 5.74) is 9.43. The number of aryl methyl sites for hydroxylation is 1. The number of amides is 2. The van der Waals surface area contributed by atoms with E-state index in [0.717, 1.165) is 16.5 Å². The average Bonchev–Trinajstić information content (AvgIpc) is 3.21. The molecule has 1 aromatic carbocycles. The van der Waals surface area contributed by atoms with Gasteiger partial charge in [0.05, 0.1) is 12.5 Å². The highest BCUT2D eigenvalue weighted by Gasteiger charge is 2.09. The van der Waals surface area contributed by atoms with Crippen molar-refractivity contribution in [3.05, 3.63) is 60.2 Å². The lowest BCUT2D eigenvalue weighted by atomic mass is 10.2. The quantitative estimate of drug-likeness (QED) is 0.534. The van der Waals surface area contributed by atoms with Crippen molar-refractivity contribution in [1.82, 2.24) is 9.99 Å². The summed E-state index contributed by atoms with van der Waals surface area (Å²) < 4.78 is 6.93. The van der Waals surface area contributed by atoms with E-state index in [1.807, 2.05) is 35.0 Å². The molecule has 7 nitrogen and oxygen atoms in total. The molecule has 0 aliphatic carbocycles. The van der Waals surface area contributed by atoms with Crippen LogP contribution in [0.25, 0.3) is 10.9 Å². The van der Waals surface area contributed by atoms with Crippen molar-refractivity contribution in [2.24, 2.45) is 10.8 Å². The van der Waals surface area contributed by atoms with Gasteiger partial charge in [0, 0.05) is 35.6 Å². The third-order valence-electron chi connectivity index (χ3n) is 3.53. The molecule has 7 heteroatoms. The van der Waals surface area contributed by atoms with E-state index in [4.69, 9.17) is 10.2 Å². The number of aromatic nitrogens is 1. The summed E-state index contributed by atoms with van der Waals surface area (Å²) in [6, 6.07) is 10.9. The van der Waals surface area contributed by atoms with Crippen LogP contribution >= 0.6 is 0 Å². The number of rotatable bonds is 6. The van der Waals surface area contributed by atoms with E-state index in [9.17, 15) is 9.59 Å². The van der Waals surface area contributed by atoms with Gasteiger partial charge in [-0.2, -0.15) is 5.10 Å². The summed E-state index contributed by atoms with van der Waals surface area (Å²) in [5.74, 6) is -0.585. The van der Waals surface area contributed by atoms with Crippen LogP contribution in [0.5, 0.6) is 0 Å². The summed E-state index contributed by atoms with van der Waals surface area (Å²) in [6.07, 6.45) is 5.11. The number of nitrogens with two attached hydrogens (primary N) is 1. The maximum atomic E-state index is 11.8. The predicted octanol–water partition coefficient (Wildman–Crippen LogP) is 1.87. The van der Waals surface area contributed by atoms with Crippen molar-refractivity contribution in [3.8, 4) is 0 Å². The molecule has 0 atom stereocenters. The summed E-state index contributed by atoms with van der Waals surface area (Å²) in [6.45, 7) is 0.489. The van der Waals surface area contributed by atoms with E-state index in [1.54, 1.807) is 18.3 Å². The molecule has 0 spiro atoms. The number of fused-ring (bicyclic) bond motifs is 1. The Morgan fingerprint density at radius 2 is 2.08 bits per heavy atom. The molecule has 2 amide bonds. The number of nitrogens with zero attached hydrogens (tertiary/aromatic N) is 2. The maximum absolute atomic E-state index is 11.8. The van der Waals surface area contributed by atoms with E-state index in [0.29, 0.717) is 6.54 Å². The van der Waals surface area contributed by atoms with Crippen LogP contribution in [0, 0.1) is 0 Å². The Labute approximate surface area is 137 Å². The highest BCUT2D eigenvalue weighted by atomic mass is 16.3. The fourth-order valence-electron chi connectivity index (χ4n) is 2.42. The largest absolute Gasteiger partial charge is 0.459 e.